The summed E-state index contributed by atoms with van der Waals surface area (Å²) < 4.78 is 22.0. The molecule has 1 saturated heterocycles. The molecule has 5 N–H and O–H groups in total. The highest BCUT2D eigenvalue weighted by molar-refractivity contribution is 6.31. The lowest BCUT2D eigenvalue weighted by molar-refractivity contribution is -0.122. The number of hydrogen-bond donors (Lipinski definition) is 5. The lowest BCUT2D eigenvalue weighted by Crippen LogP contribution is -2.49. The zero-order valence-corrected chi connectivity index (χ0v) is 27.1. The smallest absolute Gasteiger partial charge is 0.335 e. The minimum Gasteiger partial charge on any atom is -0.491 e. The number of carboxylic acid groups (broad SMARTS) is 1. The number of amides is 1. The standard InChI is InChI=1S/C34H38Cl2FN3O5/c1-5-6-14-45-25-15-18(31(42)43)10-13-23(25)38-30(41)29-27(20-8-7-9-22(36)28(20)37)34(26(40-29)17-33(2,3)4)21-12-11-19(35)16-24(21)39-32(34)44/h7-13,15-16,26-27,29-30,38,40-41H,5-6,14,17H2,1-4H3,(H,39,44)(H,42,43). The number of anilines is 2. The SMILES string of the molecule is CCCCOc1cc(C(=O)O)ccc1NC(O)C1NC(CC(C)(C)C)C2(C(=O)Nc3cc(Cl)ccc32)C1c1cccc(Cl)c1F. The summed E-state index contributed by atoms with van der Waals surface area (Å²) in [4.78, 5) is 26.0. The average Bonchev–Trinajstić information content (AvgIpc) is 3.44. The number of carbonyl (C=O) groups is 2. The number of ether oxygens (including phenoxy) is 1. The number of nitrogens with one attached hydrogen (secondary N) is 3. The van der Waals surface area contributed by atoms with E-state index in [2.05, 4.69) is 36.7 Å². The minimum absolute atomic E-state index is 0.0292. The van der Waals surface area contributed by atoms with Crippen LogP contribution in [-0.4, -0.2) is 47.0 Å². The molecule has 45 heavy (non-hydrogen) atoms. The summed E-state index contributed by atoms with van der Waals surface area (Å²) in [5.74, 6) is -2.81. The van der Waals surface area contributed by atoms with E-state index >= 15 is 4.39 Å². The number of carboxylic acids is 1. The summed E-state index contributed by atoms with van der Waals surface area (Å²) in [6.45, 7) is 8.52. The van der Waals surface area contributed by atoms with E-state index in [4.69, 9.17) is 27.9 Å². The van der Waals surface area contributed by atoms with E-state index in [9.17, 15) is 19.8 Å². The zero-order chi connectivity index (χ0) is 32.7. The highest BCUT2D eigenvalue weighted by Crippen LogP contribution is 2.57. The first kappa shape index (κ1) is 33.0. The molecule has 5 unspecified atom stereocenters. The van der Waals surface area contributed by atoms with Crippen LogP contribution < -0.4 is 20.7 Å². The van der Waals surface area contributed by atoms with Crippen molar-refractivity contribution in [3.63, 3.8) is 0 Å². The molecule has 1 amide bonds. The first-order valence-electron chi connectivity index (χ1n) is 15.0. The molecule has 2 aliphatic heterocycles. The van der Waals surface area contributed by atoms with E-state index in [1.165, 1.54) is 24.3 Å². The van der Waals surface area contributed by atoms with E-state index in [1.807, 2.05) is 6.92 Å². The minimum atomic E-state index is -1.39. The number of aromatic carboxylic acids is 1. The Kier molecular flexibility index (Phi) is 9.38. The first-order valence-corrected chi connectivity index (χ1v) is 15.8. The van der Waals surface area contributed by atoms with Gasteiger partial charge in [0.25, 0.3) is 0 Å². The van der Waals surface area contributed by atoms with Gasteiger partial charge in [0, 0.05) is 22.7 Å². The Morgan fingerprint density at radius 1 is 1.16 bits per heavy atom. The second kappa shape index (κ2) is 12.8. The van der Waals surface area contributed by atoms with E-state index in [-0.39, 0.29) is 33.2 Å². The van der Waals surface area contributed by atoms with E-state index in [1.54, 1.807) is 30.3 Å². The quantitative estimate of drug-likeness (QED) is 0.116. The van der Waals surface area contributed by atoms with Crippen LogP contribution in [0.2, 0.25) is 10.0 Å². The number of rotatable bonds is 10. The van der Waals surface area contributed by atoms with Crippen LogP contribution in [0.5, 0.6) is 5.75 Å². The van der Waals surface area contributed by atoms with Crippen molar-refractivity contribution >= 4 is 46.5 Å². The number of fused-ring (bicyclic) bond motifs is 2. The summed E-state index contributed by atoms with van der Waals surface area (Å²) in [5.41, 5.74) is 0.119. The van der Waals surface area contributed by atoms with Crippen LogP contribution in [0.4, 0.5) is 15.8 Å². The van der Waals surface area contributed by atoms with Gasteiger partial charge in [-0.15, -0.1) is 0 Å². The molecule has 0 bridgehead atoms. The number of hydrogen-bond acceptors (Lipinski definition) is 6. The fraction of sp³-hybridized carbons (Fsp3) is 0.412. The van der Waals surface area contributed by atoms with E-state index in [0.717, 1.165) is 12.8 Å². The fourth-order valence-corrected chi connectivity index (χ4v) is 7.07. The molecule has 0 aliphatic carbocycles. The topological polar surface area (TPSA) is 120 Å². The normalized spacial score (nSPS) is 23.1. The average molecular weight is 659 g/mol. The molecular weight excluding hydrogens is 620 g/mol. The molecule has 2 heterocycles. The van der Waals surface area contributed by atoms with Crippen molar-refractivity contribution in [2.75, 3.05) is 17.2 Å². The van der Waals surface area contributed by atoms with Gasteiger partial charge in [0.15, 0.2) is 0 Å². The lowest BCUT2D eigenvalue weighted by Gasteiger charge is -2.38. The molecule has 0 saturated carbocycles. The molecule has 1 fully saturated rings. The maximum Gasteiger partial charge on any atom is 0.335 e. The molecule has 2 aliphatic rings. The lowest BCUT2D eigenvalue weighted by atomic mass is 9.62. The molecule has 3 aromatic carbocycles. The summed E-state index contributed by atoms with van der Waals surface area (Å²) in [6.07, 6.45) is 0.733. The van der Waals surface area contributed by atoms with Crippen LogP contribution in [0.3, 0.4) is 0 Å². The molecule has 1 spiro atoms. The van der Waals surface area contributed by atoms with Gasteiger partial charge in [-0.3, -0.25) is 4.79 Å². The first-order chi connectivity index (χ1) is 21.3. The van der Waals surface area contributed by atoms with Crippen LogP contribution in [0, 0.1) is 11.2 Å². The van der Waals surface area contributed by atoms with Gasteiger partial charge in [0.1, 0.15) is 23.2 Å². The zero-order valence-electron chi connectivity index (χ0n) is 25.6. The largest absolute Gasteiger partial charge is 0.491 e. The third-order valence-corrected chi connectivity index (χ3v) is 9.13. The molecule has 3 aromatic rings. The Morgan fingerprint density at radius 3 is 2.60 bits per heavy atom. The number of unbranched alkanes of at least 4 members (excludes halogenated alkanes) is 1. The molecule has 5 atom stereocenters. The third-order valence-electron chi connectivity index (χ3n) is 8.60. The molecular formula is C34H38Cl2FN3O5. The van der Waals surface area contributed by atoms with Crippen molar-refractivity contribution in [3.05, 3.63) is 87.2 Å². The van der Waals surface area contributed by atoms with Gasteiger partial charge in [-0.05, 0) is 65.8 Å². The van der Waals surface area contributed by atoms with Gasteiger partial charge in [0.2, 0.25) is 5.91 Å². The molecule has 11 heteroatoms. The monoisotopic (exact) mass is 657 g/mol. The highest BCUT2D eigenvalue weighted by Gasteiger charge is 2.66. The molecule has 5 rings (SSSR count). The Hall–Kier alpha value is -3.37. The predicted molar refractivity (Wildman–Crippen MR) is 174 cm³/mol. The summed E-state index contributed by atoms with van der Waals surface area (Å²) in [6, 6.07) is 12.7. The number of aliphatic hydroxyl groups is 1. The van der Waals surface area contributed by atoms with E-state index in [0.29, 0.717) is 35.0 Å². The predicted octanol–water partition coefficient (Wildman–Crippen LogP) is 7.19. The maximum atomic E-state index is 16.1. The molecule has 0 radical (unpaired) electrons. The summed E-state index contributed by atoms with van der Waals surface area (Å²) in [7, 11) is 0. The third kappa shape index (κ3) is 6.23. The van der Waals surface area contributed by atoms with Crippen molar-refractivity contribution in [3.8, 4) is 5.75 Å². The van der Waals surface area contributed by atoms with Gasteiger partial charge in [-0.1, -0.05) is 75.5 Å². The van der Waals surface area contributed by atoms with E-state index < -0.39 is 41.4 Å². The summed E-state index contributed by atoms with van der Waals surface area (Å²) in [5, 5.41) is 31.5. The summed E-state index contributed by atoms with van der Waals surface area (Å²) >= 11 is 12.6. The molecule has 240 valence electrons. The van der Waals surface area contributed by atoms with Crippen LogP contribution in [0.25, 0.3) is 0 Å². The van der Waals surface area contributed by atoms with Crippen LogP contribution in [0.15, 0.2) is 54.6 Å². The van der Waals surface area contributed by atoms with Crippen molar-refractivity contribution < 1.29 is 28.9 Å². The van der Waals surface area contributed by atoms with Crippen LogP contribution in [-0.2, 0) is 10.2 Å². The number of benzene rings is 3. The maximum absolute atomic E-state index is 16.1. The number of halogens is 3. The van der Waals surface area contributed by atoms with Crippen molar-refractivity contribution in [2.45, 2.75) is 76.6 Å². The second-order valence-electron chi connectivity index (χ2n) is 13.0. The Morgan fingerprint density at radius 2 is 1.91 bits per heavy atom. The number of carbonyl (C=O) groups excluding carboxylic acids is 1. The van der Waals surface area contributed by atoms with Crippen molar-refractivity contribution in [1.82, 2.24) is 5.32 Å². The fourth-order valence-electron chi connectivity index (χ4n) is 6.72. The van der Waals surface area contributed by atoms with Gasteiger partial charge >= 0.3 is 5.97 Å². The number of aliphatic hydroxyl groups excluding tert-OH is 1. The molecule has 8 nitrogen and oxygen atoms in total. The molecule has 0 aromatic heterocycles. The van der Waals surface area contributed by atoms with Crippen LogP contribution in [0.1, 0.15) is 74.4 Å². The van der Waals surface area contributed by atoms with Gasteiger partial charge in [-0.2, -0.15) is 0 Å². The van der Waals surface area contributed by atoms with Gasteiger partial charge in [-0.25, -0.2) is 9.18 Å². The Labute approximate surface area is 272 Å². The second-order valence-corrected chi connectivity index (χ2v) is 13.8. The van der Waals surface area contributed by atoms with Crippen LogP contribution >= 0.6 is 23.2 Å². The van der Waals surface area contributed by atoms with Crippen molar-refractivity contribution in [2.24, 2.45) is 5.41 Å². The highest BCUT2D eigenvalue weighted by atomic mass is 35.5. The van der Waals surface area contributed by atoms with Gasteiger partial charge < -0.3 is 30.9 Å². The Balaban J connectivity index is 1.66. The Bertz CT molecular complexity index is 1610. The van der Waals surface area contributed by atoms with Gasteiger partial charge in [0.05, 0.1) is 28.9 Å². The van der Waals surface area contributed by atoms with Crippen molar-refractivity contribution in [1.29, 1.82) is 0 Å².